The van der Waals surface area contributed by atoms with Gasteiger partial charge in [-0.1, -0.05) is 37.3 Å². The first kappa shape index (κ1) is 13.4. The highest BCUT2D eigenvalue weighted by Crippen LogP contribution is 2.26. The van der Waals surface area contributed by atoms with Crippen LogP contribution in [0.3, 0.4) is 0 Å². The average molecular weight is 272 g/mol. The molecule has 96 valence electrons. The molecule has 0 radical (unpaired) electrons. The monoisotopic (exact) mass is 271 g/mol. The Bertz CT molecular complexity index is 329. The zero-order chi connectivity index (χ0) is 12.1. The number of nitrogens with one attached hydrogen (secondary N) is 1. The van der Waals surface area contributed by atoms with E-state index in [1.165, 1.54) is 43.4 Å². The molecule has 0 aliphatic heterocycles. The zero-order valence-corrected chi connectivity index (χ0v) is 12.1. The Morgan fingerprint density at radius 1 is 1.29 bits per heavy atom. The minimum Gasteiger partial charge on any atom is -0.309 e. The summed E-state index contributed by atoms with van der Waals surface area (Å²) in [6.45, 7) is 3.31. The third-order valence-corrected chi connectivity index (χ3v) is 5.07. The topological polar surface area (TPSA) is 12.0 Å². The molecule has 1 aliphatic carbocycles. The summed E-state index contributed by atoms with van der Waals surface area (Å²) < 4.78 is 0.893. The van der Waals surface area contributed by atoms with Crippen molar-refractivity contribution >= 4 is 22.9 Å². The van der Waals surface area contributed by atoms with Gasteiger partial charge in [0.05, 0.1) is 4.34 Å². The van der Waals surface area contributed by atoms with Gasteiger partial charge in [0.1, 0.15) is 0 Å². The molecule has 1 N–H and O–H groups in total. The maximum absolute atomic E-state index is 5.94. The third kappa shape index (κ3) is 4.27. The Balaban J connectivity index is 1.77. The van der Waals surface area contributed by atoms with Crippen molar-refractivity contribution in [3.8, 4) is 0 Å². The molecule has 0 amide bonds. The van der Waals surface area contributed by atoms with Gasteiger partial charge >= 0.3 is 0 Å². The van der Waals surface area contributed by atoms with Crippen LogP contribution < -0.4 is 5.32 Å². The molecule has 0 saturated heterocycles. The van der Waals surface area contributed by atoms with Crippen LogP contribution in [0, 0.1) is 5.92 Å². The molecule has 1 heterocycles. The largest absolute Gasteiger partial charge is 0.309 e. The lowest BCUT2D eigenvalue weighted by molar-refractivity contribution is 0.337. The first-order chi connectivity index (χ1) is 8.25. The van der Waals surface area contributed by atoms with Gasteiger partial charge in [0.2, 0.25) is 0 Å². The second-order valence-corrected chi connectivity index (χ2v) is 6.93. The summed E-state index contributed by atoms with van der Waals surface area (Å²) >= 11 is 7.62. The highest BCUT2D eigenvalue weighted by molar-refractivity contribution is 7.16. The van der Waals surface area contributed by atoms with Crippen LogP contribution >= 0.6 is 22.9 Å². The van der Waals surface area contributed by atoms with E-state index in [-0.39, 0.29) is 0 Å². The van der Waals surface area contributed by atoms with Crippen molar-refractivity contribution in [2.45, 2.75) is 58.0 Å². The van der Waals surface area contributed by atoms with Gasteiger partial charge in [-0.15, -0.1) is 11.3 Å². The Hall–Kier alpha value is -0.0500. The Kier molecular flexibility index (Phi) is 5.33. The van der Waals surface area contributed by atoms with Gasteiger partial charge in [0.25, 0.3) is 0 Å². The van der Waals surface area contributed by atoms with Gasteiger partial charge in [-0.2, -0.15) is 0 Å². The molecule has 0 aromatic carbocycles. The van der Waals surface area contributed by atoms with E-state index in [0.717, 1.165) is 16.8 Å². The van der Waals surface area contributed by atoms with E-state index in [1.807, 2.05) is 6.07 Å². The summed E-state index contributed by atoms with van der Waals surface area (Å²) in [5, 5.41) is 3.66. The van der Waals surface area contributed by atoms with Crippen LogP contribution in [0.25, 0.3) is 0 Å². The number of halogens is 1. The van der Waals surface area contributed by atoms with Crippen molar-refractivity contribution in [3.05, 3.63) is 21.3 Å². The number of hydrogen-bond acceptors (Lipinski definition) is 2. The Morgan fingerprint density at radius 2 is 2.00 bits per heavy atom. The van der Waals surface area contributed by atoms with E-state index >= 15 is 0 Å². The fourth-order valence-electron chi connectivity index (χ4n) is 2.69. The molecule has 0 unspecified atom stereocenters. The van der Waals surface area contributed by atoms with E-state index in [9.17, 15) is 0 Å². The Morgan fingerprint density at radius 3 is 2.59 bits per heavy atom. The SMILES string of the molecule is C[C@H](NCc1ccc(Cl)s1)C1CCCCCC1. The number of hydrogen-bond donors (Lipinski definition) is 1. The summed E-state index contributed by atoms with van der Waals surface area (Å²) in [5.74, 6) is 0.868. The molecule has 2 rings (SSSR count). The fraction of sp³-hybridized carbons (Fsp3) is 0.714. The predicted octanol–water partition coefficient (Wildman–Crippen LogP) is 4.85. The molecule has 3 heteroatoms. The molecule has 1 fully saturated rings. The van der Waals surface area contributed by atoms with Crippen LogP contribution in [0.4, 0.5) is 0 Å². The zero-order valence-electron chi connectivity index (χ0n) is 10.5. The molecule has 1 aromatic rings. The lowest BCUT2D eigenvalue weighted by atomic mass is 9.93. The lowest BCUT2D eigenvalue weighted by Crippen LogP contribution is -2.32. The lowest BCUT2D eigenvalue weighted by Gasteiger charge is -2.23. The molecule has 0 spiro atoms. The van der Waals surface area contributed by atoms with E-state index in [0.29, 0.717) is 6.04 Å². The fourth-order valence-corrected chi connectivity index (χ4v) is 3.72. The van der Waals surface area contributed by atoms with Crippen LogP contribution in [0.15, 0.2) is 12.1 Å². The highest BCUT2D eigenvalue weighted by atomic mass is 35.5. The van der Waals surface area contributed by atoms with Crippen molar-refractivity contribution in [2.24, 2.45) is 5.92 Å². The van der Waals surface area contributed by atoms with Gasteiger partial charge < -0.3 is 5.32 Å². The molecule has 17 heavy (non-hydrogen) atoms. The van der Waals surface area contributed by atoms with Crippen LogP contribution in [-0.4, -0.2) is 6.04 Å². The first-order valence-electron chi connectivity index (χ1n) is 6.73. The van der Waals surface area contributed by atoms with Gasteiger partial charge in [-0.3, -0.25) is 0 Å². The molecule has 1 nitrogen and oxygen atoms in total. The highest BCUT2D eigenvalue weighted by Gasteiger charge is 2.18. The first-order valence-corrected chi connectivity index (χ1v) is 7.93. The van der Waals surface area contributed by atoms with Crippen molar-refractivity contribution in [1.29, 1.82) is 0 Å². The van der Waals surface area contributed by atoms with Gasteiger partial charge in [0, 0.05) is 17.5 Å². The van der Waals surface area contributed by atoms with E-state index in [2.05, 4.69) is 18.3 Å². The smallest absolute Gasteiger partial charge is 0.0931 e. The van der Waals surface area contributed by atoms with Crippen molar-refractivity contribution in [1.82, 2.24) is 5.32 Å². The second kappa shape index (κ2) is 6.77. The molecule has 1 atom stereocenters. The predicted molar refractivity (Wildman–Crippen MR) is 76.8 cm³/mol. The van der Waals surface area contributed by atoms with Gasteiger partial charge in [0.15, 0.2) is 0 Å². The van der Waals surface area contributed by atoms with Gasteiger partial charge in [-0.25, -0.2) is 0 Å². The van der Waals surface area contributed by atoms with Crippen LogP contribution in [0.5, 0.6) is 0 Å². The summed E-state index contributed by atoms with van der Waals surface area (Å²) in [6.07, 6.45) is 8.51. The minimum absolute atomic E-state index is 0.633. The van der Waals surface area contributed by atoms with E-state index in [1.54, 1.807) is 11.3 Å². The normalized spacial score (nSPS) is 20.1. The maximum atomic E-state index is 5.94. The average Bonchev–Trinajstić information content (AvgIpc) is 2.58. The van der Waals surface area contributed by atoms with E-state index in [4.69, 9.17) is 11.6 Å². The van der Waals surface area contributed by atoms with Gasteiger partial charge in [-0.05, 0) is 37.8 Å². The molecular formula is C14H22ClNS. The molecular weight excluding hydrogens is 250 g/mol. The second-order valence-electron chi connectivity index (χ2n) is 5.13. The number of thiophene rings is 1. The molecule has 1 aliphatic rings. The number of rotatable bonds is 4. The third-order valence-electron chi connectivity index (χ3n) is 3.83. The van der Waals surface area contributed by atoms with Crippen molar-refractivity contribution in [2.75, 3.05) is 0 Å². The van der Waals surface area contributed by atoms with Crippen LogP contribution in [0.2, 0.25) is 4.34 Å². The molecule has 0 bridgehead atoms. The van der Waals surface area contributed by atoms with E-state index < -0.39 is 0 Å². The van der Waals surface area contributed by atoms with Crippen LogP contribution in [-0.2, 0) is 6.54 Å². The minimum atomic E-state index is 0.633. The summed E-state index contributed by atoms with van der Waals surface area (Å²) in [6, 6.07) is 4.74. The molecule has 1 saturated carbocycles. The summed E-state index contributed by atoms with van der Waals surface area (Å²) in [5.41, 5.74) is 0. The Labute approximate surface area is 114 Å². The summed E-state index contributed by atoms with van der Waals surface area (Å²) in [4.78, 5) is 1.34. The van der Waals surface area contributed by atoms with Crippen LogP contribution in [0.1, 0.15) is 50.3 Å². The quantitative estimate of drug-likeness (QED) is 0.772. The van der Waals surface area contributed by atoms with Crippen molar-refractivity contribution in [3.63, 3.8) is 0 Å². The summed E-state index contributed by atoms with van der Waals surface area (Å²) in [7, 11) is 0. The standard InChI is InChI=1S/C14H22ClNS/c1-11(12-6-4-2-3-5-7-12)16-10-13-8-9-14(15)17-13/h8-9,11-12,16H,2-7,10H2,1H3/t11-/m0/s1. The van der Waals surface area contributed by atoms with Crippen molar-refractivity contribution < 1.29 is 0 Å². The maximum Gasteiger partial charge on any atom is 0.0931 e. The molecule has 1 aromatic heterocycles.